The molecule has 5 aliphatic rings. The molecule has 0 spiro atoms. The van der Waals surface area contributed by atoms with Gasteiger partial charge in [0, 0.05) is 28.5 Å². The van der Waals surface area contributed by atoms with Crippen LogP contribution in [0.15, 0.2) is 18.2 Å². The van der Waals surface area contributed by atoms with Gasteiger partial charge in [-0.15, -0.1) is 0 Å². The second kappa shape index (κ2) is 7.96. The van der Waals surface area contributed by atoms with Crippen molar-refractivity contribution in [3.8, 4) is 0 Å². The summed E-state index contributed by atoms with van der Waals surface area (Å²) in [6, 6.07) is 3.89. The summed E-state index contributed by atoms with van der Waals surface area (Å²) in [7, 11) is 0. The highest BCUT2D eigenvalue weighted by molar-refractivity contribution is 6.35. The largest absolute Gasteiger partial charge is 0.350 e. The van der Waals surface area contributed by atoms with Gasteiger partial charge in [0.25, 0.3) is 0 Å². The molecule has 1 atom stereocenters. The maximum Gasteiger partial charge on any atom is 0.325 e. The fraction of sp³-hybridized carbons (Fsp3) is 0.609. The molecule has 1 aromatic carbocycles. The summed E-state index contributed by atoms with van der Waals surface area (Å²) < 4.78 is 0. The van der Waals surface area contributed by atoms with E-state index < -0.39 is 12.1 Å². The molecular weight excluding hydrogens is 437 g/mol. The number of halogens is 2. The molecule has 0 aromatic heterocycles. The molecule has 6 nitrogen and oxygen atoms in total. The first-order chi connectivity index (χ1) is 14.8. The molecule has 1 unspecified atom stereocenters. The van der Waals surface area contributed by atoms with E-state index in [1.807, 2.05) is 0 Å². The first-order valence-electron chi connectivity index (χ1n) is 11.2. The minimum Gasteiger partial charge on any atom is -0.350 e. The van der Waals surface area contributed by atoms with Crippen LogP contribution in [0.25, 0.3) is 0 Å². The lowest BCUT2D eigenvalue weighted by Crippen LogP contribution is -2.63. The minimum atomic E-state index is -0.785. The second-order valence-electron chi connectivity index (χ2n) is 9.90. The maximum atomic E-state index is 13.2. The first-order valence-corrected chi connectivity index (χ1v) is 11.9. The average molecular weight is 464 g/mol. The molecule has 1 aliphatic heterocycles. The lowest BCUT2D eigenvalue weighted by molar-refractivity contribution is -0.132. The summed E-state index contributed by atoms with van der Waals surface area (Å²) in [4.78, 5) is 39.7. The highest BCUT2D eigenvalue weighted by atomic mass is 35.5. The van der Waals surface area contributed by atoms with Crippen LogP contribution in [-0.2, 0) is 16.1 Å². The first kappa shape index (κ1) is 21.1. The van der Waals surface area contributed by atoms with Crippen molar-refractivity contribution >= 4 is 41.0 Å². The van der Waals surface area contributed by atoms with Crippen molar-refractivity contribution in [3.63, 3.8) is 0 Å². The van der Waals surface area contributed by atoms with Crippen molar-refractivity contribution in [2.45, 2.75) is 69.5 Å². The Morgan fingerprint density at radius 1 is 1.06 bits per heavy atom. The highest BCUT2D eigenvalue weighted by Crippen LogP contribution is 2.55. The fourth-order valence-electron chi connectivity index (χ4n) is 6.70. The van der Waals surface area contributed by atoms with Crippen LogP contribution in [0.1, 0.15) is 56.9 Å². The van der Waals surface area contributed by atoms with Crippen LogP contribution < -0.4 is 10.6 Å². The molecule has 31 heavy (non-hydrogen) atoms. The van der Waals surface area contributed by atoms with E-state index in [-0.39, 0.29) is 30.3 Å². The highest BCUT2D eigenvalue weighted by Gasteiger charge is 2.53. The third kappa shape index (κ3) is 4.05. The summed E-state index contributed by atoms with van der Waals surface area (Å²) in [6.07, 6.45) is 7.36. The molecule has 1 saturated heterocycles. The Balaban J connectivity index is 1.25. The zero-order valence-electron chi connectivity index (χ0n) is 17.3. The standard InChI is InChI=1S/C23H27Cl2N3O3/c24-17-2-1-16(18(25)8-17)12-26-21(30)19-3-4-20(29)28(19)22(31)27-23-9-13-5-14(10-23)7-15(6-13)11-23/h1-2,8,13-15,19H,3-7,9-12H2,(H,26,30)(H,27,31). The van der Waals surface area contributed by atoms with E-state index in [4.69, 9.17) is 23.2 Å². The molecule has 4 aliphatic carbocycles. The van der Waals surface area contributed by atoms with Gasteiger partial charge in [0.05, 0.1) is 0 Å². The molecule has 5 fully saturated rings. The van der Waals surface area contributed by atoms with Crippen LogP contribution in [0.3, 0.4) is 0 Å². The number of rotatable bonds is 4. The van der Waals surface area contributed by atoms with Crippen molar-refractivity contribution in [1.82, 2.24) is 15.5 Å². The molecule has 6 rings (SSSR count). The third-order valence-electron chi connectivity index (χ3n) is 7.61. The SMILES string of the molecule is O=C(NCc1ccc(Cl)cc1Cl)C1CCC(=O)N1C(=O)NC12CC3CC(CC(C3)C1)C2. The molecule has 4 saturated carbocycles. The minimum absolute atomic E-state index is 0.202. The van der Waals surface area contributed by atoms with Gasteiger partial charge >= 0.3 is 6.03 Å². The van der Waals surface area contributed by atoms with Crippen molar-refractivity contribution in [3.05, 3.63) is 33.8 Å². The quantitative estimate of drug-likeness (QED) is 0.699. The van der Waals surface area contributed by atoms with Gasteiger partial charge in [-0.1, -0.05) is 29.3 Å². The van der Waals surface area contributed by atoms with E-state index in [1.165, 1.54) is 19.3 Å². The van der Waals surface area contributed by atoms with Crippen molar-refractivity contribution in [2.24, 2.45) is 17.8 Å². The van der Waals surface area contributed by atoms with E-state index in [0.717, 1.165) is 29.7 Å². The Kier molecular flexibility index (Phi) is 5.41. The zero-order valence-corrected chi connectivity index (χ0v) is 18.8. The number of urea groups is 1. The number of carbonyl (C=O) groups excluding carboxylic acids is 3. The molecule has 0 radical (unpaired) electrons. The van der Waals surface area contributed by atoms with Crippen LogP contribution in [0.5, 0.6) is 0 Å². The summed E-state index contributed by atoms with van der Waals surface area (Å²) in [6.45, 7) is 0.212. The number of carbonyl (C=O) groups is 3. The molecule has 166 valence electrons. The summed E-state index contributed by atoms with van der Waals surface area (Å²) in [5.74, 6) is 1.43. The predicted octanol–water partition coefficient (Wildman–Crippen LogP) is 4.28. The summed E-state index contributed by atoms with van der Waals surface area (Å²) in [5.41, 5.74) is 0.528. The number of likely N-dealkylation sites (tertiary alicyclic amines) is 1. The maximum absolute atomic E-state index is 13.2. The lowest BCUT2D eigenvalue weighted by Gasteiger charge is -2.57. The van der Waals surface area contributed by atoms with E-state index in [0.29, 0.717) is 34.2 Å². The van der Waals surface area contributed by atoms with Crippen LogP contribution in [0.4, 0.5) is 4.79 Å². The van der Waals surface area contributed by atoms with E-state index in [9.17, 15) is 14.4 Å². The number of nitrogens with zero attached hydrogens (tertiary/aromatic N) is 1. The summed E-state index contributed by atoms with van der Waals surface area (Å²) >= 11 is 12.1. The van der Waals surface area contributed by atoms with Crippen LogP contribution >= 0.6 is 23.2 Å². The van der Waals surface area contributed by atoms with E-state index >= 15 is 0 Å². The van der Waals surface area contributed by atoms with Crippen molar-refractivity contribution in [1.29, 1.82) is 0 Å². The molecule has 1 aromatic rings. The Bertz CT molecular complexity index is 899. The van der Waals surface area contributed by atoms with Crippen molar-refractivity contribution in [2.75, 3.05) is 0 Å². The molecule has 4 amide bonds. The van der Waals surface area contributed by atoms with Crippen LogP contribution in [-0.4, -0.2) is 34.3 Å². The normalized spacial score (nSPS) is 33.6. The number of hydrogen-bond donors (Lipinski definition) is 2. The van der Waals surface area contributed by atoms with Crippen LogP contribution in [0, 0.1) is 17.8 Å². The Morgan fingerprint density at radius 3 is 2.32 bits per heavy atom. The number of benzene rings is 1. The van der Waals surface area contributed by atoms with Gasteiger partial charge < -0.3 is 10.6 Å². The average Bonchev–Trinajstić information content (AvgIpc) is 3.07. The van der Waals surface area contributed by atoms with E-state index in [1.54, 1.807) is 18.2 Å². The van der Waals surface area contributed by atoms with Gasteiger partial charge in [-0.3, -0.25) is 14.5 Å². The fourth-order valence-corrected chi connectivity index (χ4v) is 7.18. The molecule has 4 bridgehead atoms. The third-order valence-corrected chi connectivity index (χ3v) is 8.20. The van der Waals surface area contributed by atoms with Gasteiger partial charge in [-0.05, 0) is 80.4 Å². The van der Waals surface area contributed by atoms with Gasteiger partial charge in [-0.25, -0.2) is 4.79 Å². The number of imide groups is 1. The smallest absolute Gasteiger partial charge is 0.325 e. The second-order valence-corrected chi connectivity index (χ2v) is 10.7. The Morgan fingerprint density at radius 2 is 1.71 bits per heavy atom. The molecule has 1 heterocycles. The number of nitrogens with one attached hydrogen (secondary N) is 2. The molecular formula is C23H27Cl2N3O3. The molecule has 2 N–H and O–H groups in total. The van der Waals surface area contributed by atoms with Crippen LogP contribution in [0.2, 0.25) is 10.0 Å². The molecule has 8 heteroatoms. The van der Waals surface area contributed by atoms with Gasteiger partial charge in [-0.2, -0.15) is 0 Å². The number of hydrogen-bond acceptors (Lipinski definition) is 3. The topological polar surface area (TPSA) is 78.5 Å². The number of amides is 4. The predicted molar refractivity (Wildman–Crippen MR) is 118 cm³/mol. The van der Waals surface area contributed by atoms with Gasteiger partial charge in [0.2, 0.25) is 11.8 Å². The lowest BCUT2D eigenvalue weighted by atomic mass is 9.53. The Hall–Kier alpha value is -1.79. The van der Waals surface area contributed by atoms with Gasteiger partial charge in [0.15, 0.2) is 0 Å². The van der Waals surface area contributed by atoms with Gasteiger partial charge in [0.1, 0.15) is 6.04 Å². The van der Waals surface area contributed by atoms with E-state index in [2.05, 4.69) is 10.6 Å². The summed E-state index contributed by atoms with van der Waals surface area (Å²) in [5, 5.41) is 7.03. The zero-order chi connectivity index (χ0) is 21.8. The van der Waals surface area contributed by atoms with Crippen molar-refractivity contribution < 1.29 is 14.4 Å². The Labute approximate surface area is 192 Å². The monoisotopic (exact) mass is 463 g/mol.